The molecule has 2 aromatic rings. The smallest absolute Gasteiger partial charge is 0.230 e. The summed E-state index contributed by atoms with van der Waals surface area (Å²) in [5.74, 6) is -1.12. The summed E-state index contributed by atoms with van der Waals surface area (Å²) >= 11 is 5.92. The summed E-state index contributed by atoms with van der Waals surface area (Å²) < 4.78 is 6.19. The monoisotopic (exact) mass is 422 g/mol. The van der Waals surface area contributed by atoms with Crippen molar-refractivity contribution in [2.45, 2.75) is 31.7 Å². The normalized spacial score (nSPS) is 28.8. The van der Waals surface area contributed by atoms with E-state index in [4.69, 9.17) is 16.3 Å². The van der Waals surface area contributed by atoms with Gasteiger partial charge in [0.1, 0.15) is 5.60 Å². The SMILES string of the molecule is Cc1ccc(CN2CC34C=C[C@H](O3)[C@@H](C(=O)NCc3ccc(Cl)cc3)[C@H]4C2=O)cc1. The number of nitrogens with one attached hydrogen (secondary N) is 1. The first-order valence-corrected chi connectivity index (χ1v) is 10.6. The number of rotatable bonds is 5. The summed E-state index contributed by atoms with van der Waals surface area (Å²) in [5, 5.41) is 3.64. The Balaban J connectivity index is 1.31. The number of halogens is 1. The fourth-order valence-electron chi connectivity index (χ4n) is 4.83. The van der Waals surface area contributed by atoms with Crippen LogP contribution in [0.1, 0.15) is 16.7 Å². The second-order valence-corrected chi connectivity index (χ2v) is 8.86. The van der Waals surface area contributed by atoms with Crippen LogP contribution in [0.4, 0.5) is 0 Å². The third kappa shape index (κ3) is 3.22. The highest BCUT2D eigenvalue weighted by Gasteiger charge is 2.66. The fourth-order valence-corrected chi connectivity index (χ4v) is 4.96. The highest BCUT2D eigenvalue weighted by molar-refractivity contribution is 6.30. The number of carbonyl (C=O) groups excluding carboxylic acids is 2. The highest BCUT2D eigenvalue weighted by Crippen LogP contribution is 2.52. The molecular weight excluding hydrogens is 400 g/mol. The van der Waals surface area contributed by atoms with Gasteiger partial charge in [0.25, 0.3) is 0 Å². The number of fused-ring (bicyclic) bond motifs is 1. The average molecular weight is 423 g/mol. The van der Waals surface area contributed by atoms with Crippen LogP contribution in [-0.4, -0.2) is 35.0 Å². The fraction of sp³-hybridized carbons (Fsp3) is 0.333. The lowest BCUT2D eigenvalue weighted by Crippen LogP contribution is -2.43. The van der Waals surface area contributed by atoms with Crippen molar-refractivity contribution in [3.05, 3.63) is 82.4 Å². The van der Waals surface area contributed by atoms with Crippen molar-refractivity contribution in [3.63, 3.8) is 0 Å². The van der Waals surface area contributed by atoms with Crippen LogP contribution in [0.5, 0.6) is 0 Å². The van der Waals surface area contributed by atoms with E-state index in [1.165, 1.54) is 5.56 Å². The molecule has 1 N–H and O–H groups in total. The van der Waals surface area contributed by atoms with Gasteiger partial charge in [0.05, 0.1) is 24.5 Å². The topological polar surface area (TPSA) is 58.6 Å². The molecule has 5 nitrogen and oxygen atoms in total. The Morgan fingerprint density at radius 3 is 2.60 bits per heavy atom. The number of amides is 2. The predicted molar refractivity (Wildman–Crippen MR) is 114 cm³/mol. The zero-order valence-electron chi connectivity index (χ0n) is 16.7. The van der Waals surface area contributed by atoms with Gasteiger partial charge >= 0.3 is 0 Å². The molecule has 6 heteroatoms. The van der Waals surface area contributed by atoms with Crippen molar-refractivity contribution in [1.82, 2.24) is 10.2 Å². The van der Waals surface area contributed by atoms with E-state index in [0.29, 0.717) is 24.7 Å². The van der Waals surface area contributed by atoms with Gasteiger partial charge in [0.2, 0.25) is 11.8 Å². The van der Waals surface area contributed by atoms with E-state index in [9.17, 15) is 9.59 Å². The Kier molecular flexibility index (Phi) is 4.68. The van der Waals surface area contributed by atoms with Crippen molar-refractivity contribution < 1.29 is 14.3 Å². The van der Waals surface area contributed by atoms with Crippen molar-refractivity contribution in [2.24, 2.45) is 11.8 Å². The number of hydrogen-bond acceptors (Lipinski definition) is 3. The van der Waals surface area contributed by atoms with E-state index in [2.05, 4.69) is 5.32 Å². The molecule has 5 rings (SSSR count). The Hall–Kier alpha value is -2.63. The van der Waals surface area contributed by atoms with Crippen LogP contribution >= 0.6 is 11.6 Å². The molecular formula is C24H23ClN2O3. The third-order valence-corrected chi connectivity index (χ3v) is 6.61. The van der Waals surface area contributed by atoms with Crippen molar-refractivity contribution >= 4 is 23.4 Å². The minimum atomic E-state index is -0.686. The molecule has 1 spiro atoms. The summed E-state index contributed by atoms with van der Waals surface area (Å²) in [6.45, 7) is 3.44. The quantitative estimate of drug-likeness (QED) is 0.752. The molecule has 3 aliphatic rings. The molecule has 0 aliphatic carbocycles. The molecule has 0 saturated carbocycles. The Morgan fingerprint density at radius 1 is 1.17 bits per heavy atom. The Bertz CT molecular complexity index is 1020. The van der Waals surface area contributed by atoms with Gasteiger partial charge in [-0.3, -0.25) is 9.59 Å². The molecule has 3 aliphatic heterocycles. The van der Waals surface area contributed by atoms with E-state index < -0.39 is 17.4 Å². The molecule has 4 atom stereocenters. The summed E-state index contributed by atoms with van der Waals surface area (Å²) in [6, 6.07) is 15.5. The first-order valence-electron chi connectivity index (χ1n) is 10.2. The molecule has 2 aromatic carbocycles. The van der Waals surface area contributed by atoms with E-state index in [0.717, 1.165) is 11.1 Å². The maximum absolute atomic E-state index is 13.3. The predicted octanol–water partition coefficient (Wildman–Crippen LogP) is 3.25. The van der Waals surface area contributed by atoms with Gasteiger partial charge < -0.3 is 15.0 Å². The number of carbonyl (C=O) groups is 2. The van der Waals surface area contributed by atoms with Crippen LogP contribution in [-0.2, 0) is 27.4 Å². The lowest BCUT2D eigenvalue weighted by Gasteiger charge is -2.23. The minimum absolute atomic E-state index is 0.00549. The molecule has 30 heavy (non-hydrogen) atoms. The van der Waals surface area contributed by atoms with Crippen LogP contribution in [0.2, 0.25) is 5.02 Å². The summed E-state index contributed by atoms with van der Waals surface area (Å²) in [6.07, 6.45) is 3.58. The Labute approximate surface area is 180 Å². The first-order chi connectivity index (χ1) is 14.4. The van der Waals surface area contributed by atoms with Crippen LogP contribution in [0.3, 0.4) is 0 Å². The van der Waals surface area contributed by atoms with Crippen molar-refractivity contribution in [1.29, 1.82) is 0 Å². The summed E-state index contributed by atoms with van der Waals surface area (Å²) in [4.78, 5) is 28.1. The maximum Gasteiger partial charge on any atom is 0.230 e. The van der Waals surface area contributed by atoms with Gasteiger partial charge in [-0.05, 0) is 30.2 Å². The van der Waals surface area contributed by atoms with Gasteiger partial charge in [-0.15, -0.1) is 0 Å². The summed E-state index contributed by atoms with van der Waals surface area (Å²) in [7, 11) is 0. The zero-order valence-corrected chi connectivity index (χ0v) is 17.4. The molecule has 2 saturated heterocycles. The molecule has 2 fully saturated rings. The van der Waals surface area contributed by atoms with Crippen LogP contribution in [0.15, 0.2) is 60.7 Å². The van der Waals surface area contributed by atoms with Gasteiger partial charge in [0.15, 0.2) is 0 Å². The van der Waals surface area contributed by atoms with E-state index in [1.54, 1.807) is 12.1 Å². The maximum atomic E-state index is 13.3. The Morgan fingerprint density at radius 2 is 1.87 bits per heavy atom. The van der Waals surface area contributed by atoms with Crippen LogP contribution in [0.25, 0.3) is 0 Å². The third-order valence-electron chi connectivity index (χ3n) is 6.36. The molecule has 2 bridgehead atoms. The van der Waals surface area contributed by atoms with E-state index >= 15 is 0 Å². The van der Waals surface area contributed by atoms with Crippen LogP contribution in [0, 0.1) is 18.8 Å². The number of benzene rings is 2. The van der Waals surface area contributed by atoms with E-state index in [-0.39, 0.29) is 17.9 Å². The first kappa shape index (κ1) is 19.3. The van der Waals surface area contributed by atoms with Crippen molar-refractivity contribution in [3.8, 4) is 0 Å². The van der Waals surface area contributed by atoms with Crippen molar-refractivity contribution in [2.75, 3.05) is 6.54 Å². The lowest BCUT2D eigenvalue weighted by molar-refractivity contribution is -0.137. The lowest BCUT2D eigenvalue weighted by atomic mass is 9.77. The number of hydrogen-bond donors (Lipinski definition) is 1. The van der Waals surface area contributed by atoms with Gasteiger partial charge in [-0.25, -0.2) is 0 Å². The second-order valence-electron chi connectivity index (χ2n) is 8.42. The molecule has 3 heterocycles. The minimum Gasteiger partial charge on any atom is -0.360 e. The highest BCUT2D eigenvalue weighted by atomic mass is 35.5. The van der Waals surface area contributed by atoms with Gasteiger partial charge in [-0.1, -0.05) is 65.7 Å². The van der Waals surface area contributed by atoms with Gasteiger partial charge in [0, 0.05) is 18.1 Å². The number of aryl methyl sites for hydroxylation is 1. The second kappa shape index (κ2) is 7.25. The standard InChI is InChI=1S/C24H23ClN2O3/c1-15-2-4-17(5-3-15)13-27-14-24-11-10-19(30-24)20(21(24)23(27)29)22(28)26-12-16-6-8-18(25)9-7-16/h2-11,19-21H,12-14H2,1H3,(H,26,28)/t19-,20+,21-,24?/m0/s1. The average Bonchev–Trinajstić information content (AvgIpc) is 3.37. The largest absolute Gasteiger partial charge is 0.360 e. The zero-order chi connectivity index (χ0) is 20.9. The molecule has 2 amide bonds. The number of ether oxygens (including phenoxy) is 1. The van der Waals surface area contributed by atoms with Crippen LogP contribution < -0.4 is 5.32 Å². The summed E-state index contributed by atoms with van der Waals surface area (Å²) in [5.41, 5.74) is 2.53. The number of nitrogens with zero attached hydrogens (tertiary/aromatic N) is 1. The molecule has 1 unspecified atom stereocenters. The van der Waals surface area contributed by atoms with E-state index in [1.807, 2.05) is 60.4 Å². The molecule has 154 valence electrons. The molecule has 0 aromatic heterocycles. The molecule has 0 radical (unpaired) electrons. The van der Waals surface area contributed by atoms with Gasteiger partial charge in [-0.2, -0.15) is 0 Å². The number of likely N-dealkylation sites (tertiary alicyclic amines) is 1.